The van der Waals surface area contributed by atoms with Crippen LogP contribution in [0.5, 0.6) is 0 Å². The molecule has 0 saturated carbocycles. The van der Waals surface area contributed by atoms with Gasteiger partial charge in [-0.1, -0.05) is 20.8 Å². The van der Waals surface area contributed by atoms with Crippen molar-refractivity contribution >= 4 is 11.5 Å². The number of rotatable bonds is 7. The third-order valence-electron chi connectivity index (χ3n) is 3.51. The Labute approximate surface area is 135 Å². The Morgan fingerprint density at radius 3 is 2.27 bits per heavy atom. The molecule has 0 fully saturated rings. The molecule has 0 aliphatic carbocycles. The molecule has 0 amide bonds. The van der Waals surface area contributed by atoms with Gasteiger partial charge in [-0.2, -0.15) is 0 Å². The summed E-state index contributed by atoms with van der Waals surface area (Å²) >= 11 is 0. The summed E-state index contributed by atoms with van der Waals surface area (Å²) in [7, 11) is 0. The lowest BCUT2D eigenvalue weighted by atomic mass is 10.0. The van der Waals surface area contributed by atoms with E-state index in [1.54, 1.807) is 6.92 Å². The average molecular weight is 309 g/mol. The summed E-state index contributed by atoms with van der Waals surface area (Å²) in [4.78, 5) is 10.9. The summed E-state index contributed by atoms with van der Waals surface area (Å²) in [5.74, 6) is 0.961. The van der Waals surface area contributed by atoms with Gasteiger partial charge in [-0.05, 0) is 62.8 Å². The molecule has 1 aromatic carbocycles. The van der Waals surface area contributed by atoms with Crippen LogP contribution in [-0.2, 0) is 4.79 Å². The molecule has 0 spiro atoms. The van der Waals surface area contributed by atoms with E-state index in [9.17, 15) is 9.18 Å². The number of nitrogens with one attached hydrogen (secondary N) is 1. The minimum absolute atomic E-state index is 0.133. The van der Waals surface area contributed by atoms with E-state index in [-0.39, 0.29) is 5.82 Å². The van der Waals surface area contributed by atoms with Crippen molar-refractivity contribution in [3.8, 4) is 0 Å². The Hall–Kier alpha value is -1.38. The molecule has 0 radical (unpaired) electrons. The molecule has 0 heterocycles. The van der Waals surface area contributed by atoms with Crippen molar-refractivity contribution in [3.05, 3.63) is 29.1 Å². The summed E-state index contributed by atoms with van der Waals surface area (Å²) in [6.45, 7) is 12.9. The van der Waals surface area contributed by atoms with Crippen molar-refractivity contribution in [2.75, 3.05) is 11.9 Å². The van der Waals surface area contributed by atoms with E-state index in [2.05, 4.69) is 19.2 Å². The standard InChI is InChI=1S/C10H14FN.C9H18O/c1-4-12-9-5-7(2)8(3)10(11)6-9;1-4-5-9(10)7-6-8(2)3/h5-6,12H,4H2,1-3H3;8H,4-7H2,1-3H3. The van der Waals surface area contributed by atoms with E-state index in [0.717, 1.165) is 49.0 Å². The molecule has 1 rings (SSSR count). The highest BCUT2D eigenvalue weighted by atomic mass is 19.1. The van der Waals surface area contributed by atoms with Gasteiger partial charge in [0, 0.05) is 25.1 Å². The van der Waals surface area contributed by atoms with E-state index >= 15 is 0 Å². The van der Waals surface area contributed by atoms with Crippen LogP contribution in [0.2, 0.25) is 0 Å². The van der Waals surface area contributed by atoms with E-state index in [4.69, 9.17) is 0 Å². The first kappa shape index (κ1) is 20.6. The van der Waals surface area contributed by atoms with Gasteiger partial charge in [0.05, 0.1) is 0 Å². The van der Waals surface area contributed by atoms with Crippen LogP contribution in [0.1, 0.15) is 64.5 Å². The molecule has 3 heteroatoms. The maximum Gasteiger partial charge on any atom is 0.132 e. The minimum Gasteiger partial charge on any atom is -0.385 e. The Balaban J connectivity index is 0.000000409. The highest BCUT2D eigenvalue weighted by molar-refractivity contribution is 5.78. The average Bonchev–Trinajstić information content (AvgIpc) is 2.44. The normalized spacial score (nSPS) is 10.2. The summed E-state index contributed by atoms with van der Waals surface area (Å²) in [5, 5.41) is 3.08. The maximum absolute atomic E-state index is 13.1. The second kappa shape index (κ2) is 11.2. The number of ketones is 1. The van der Waals surface area contributed by atoms with E-state index in [0.29, 0.717) is 11.7 Å². The van der Waals surface area contributed by atoms with Gasteiger partial charge < -0.3 is 5.32 Å². The molecule has 126 valence electrons. The van der Waals surface area contributed by atoms with E-state index in [1.807, 2.05) is 26.8 Å². The smallest absolute Gasteiger partial charge is 0.132 e. The maximum atomic E-state index is 13.1. The van der Waals surface area contributed by atoms with Crippen LogP contribution < -0.4 is 5.32 Å². The van der Waals surface area contributed by atoms with Crippen molar-refractivity contribution in [2.24, 2.45) is 5.92 Å². The van der Waals surface area contributed by atoms with Gasteiger partial charge in [-0.25, -0.2) is 4.39 Å². The quantitative estimate of drug-likeness (QED) is 0.703. The highest BCUT2D eigenvalue weighted by Gasteiger charge is 2.02. The first-order valence-electron chi connectivity index (χ1n) is 8.34. The molecule has 0 atom stereocenters. The fourth-order valence-electron chi connectivity index (χ4n) is 1.98. The van der Waals surface area contributed by atoms with Crippen molar-refractivity contribution in [1.29, 1.82) is 0 Å². The zero-order valence-corrected chi connectivity index (χ0v) is 15.1. The fourth-order valence-corrected chi connectivity index (χ4v) is 1.98. The number of anilines is 1. The summed E-state index contributed by atoms with van der Waals surface area (Å²) in [5.41, 5.74) is 2.58. The molecule has 2 nitrogen and oxygen atoms in total. The number of halogens is 1. The Kier molecular flexibility index (Phi) is 10.5. The van der Waals surface area contributed by atoms with Gasteiger partial charge in [0.2, 0.25) is 0 Å². The monoisotopic (exact) mass is 309 g/mol. The molecule has 0 bridgehead atoms. The van der Waals surface area contributed by atoms with Crippen LogP contribution in [0.4, 0.5) is 10.1 Å². The lowest BCUT2D eigenvalue weighted by Gasteiger charge is -2.07. The lowest BCUT2D eigenvalue weighted by Crippen LogP contribution is -1.99. The molecule has 0 saturated heterocycles. The van der Waals surface area contributed by atoms with Crippen molar-refractivity contribution in [2.45, 2.75) is 67.2 Å². The third-order valence-corrected chi connectivity index (χ3v) is 3.51. The number of benzene rings is 1. The summed E-state index contributed by atoms with van der Waals surface area (Å²) in [6, 6.07) is 3.49. The topological polar surface area (TPSA) is 29.1 Å². The molecule has 0 aliphatic heterocycles. The number of carbonyl (C=O) groups is 1. The highest BCUT2D eigenvalue weighted by Crippen LogP contribution is 2.17. The summed E-state index contributed by atoms with van der Waals surface area (Å²) in [6.07, 6.45) is 3.61. The number of Topliss-reactive ketones (excluding diaryl/α,β-unsaturated/α-hetero) is 1. The molecule has 0 aromatic heterocycles. The molecule has 0 unspecified atom stereocenters. The van der Waals surface area contributed by atoms with E-state index < -0.39 is 0 Å². The number of carbonyl (C=O) groups excluding carboxylic acids is 1. The van der Waals surface area contributed by atoms with Crippen LogP contribution in [-0.4, -0.2) is 12.3 Å². The molecule has 22 heavy (non-hydrogen) atoms. The first-order valence-corrected chi connectivity index (χ1v) is 8.34. The predicted octanol–water partition coefficient (Wildman–Crippen LogP) is 5.67. The van der Waals surface area contributed by atoms with Crippen LogP contribution in [0.15, 0.2) is 12.1 Å². The minimum atomic E-state index is -0.133. The second-order valence-corrected chi connectivity index (χ2v) is 6.15. The Morgan fingerprint density at radius 1 is 1.18 bits per heavy atom. The second-order valence-electron chi connectivity index (χ2n) is 6.15. The van der Waals surface area contributed by atoms with Gasteiger partial charge in [-0.3, -0.25) is 4.79 Å². The molecule has 1 aromatic rings. The largest absolute Gasteiger partial charge is 0.385 e. The van der Waals surface area contributed by atoms with Gasteiger partial charge in [0.1, 0.15) is 11.6 Å². The van der Waals surface area contributed by atoms with Gasteiger partial charge in [0.25, 0.3) is 0 Å². The lowest BCUT2D eigenvalue weighted by molar-refractivity contribution is -0.119. The van der Waals surface area contributed by atoms with Crippen LogP contribution in [0.3, 0.4) is 0 Å². The fraction of sp³-hybridized carbons (Fsp3) is 0.632. The van der Waals surface area contributed by atoms with Crippen LogP contribution >= 0.6 is 0 Å². The van der Waals surface area contributed by atoms with Gasteiger partial charge in [-0.15, -0.1) is 0 Å². The zero-order valence-electron chi connectivity index (χ0n) is 15.1. The number of hydrogen-bond donors (Lipinski definition) is 1. The SMILES string of the molecule is CCCC(=O)CCC(C)C.CCNc1cc(C)c(C)c(F)c1. The van der Waals surface area contributed by atoms with Gasteiger partial charge >= 0.3 is 0 Å². The van der Waals surface area contributed by atoms with Crippen LogP contribution in [0, 0.1) is 25.6 Å². The number of hydrogen-bond acceptors (Lipinski definition) is 2. The predicted molar refractivity (Wildman–Crippen MR) is 94.0 cm³/mol. The molecule has 1 N–H and O–H groups in total. The molecular formula is C19H32FNO. The first-order chi connectivity index (χ1) is 10.3. The Morgan fingerprint density at radius 2 is 1.82 bits per heavy atom. The van der Waals surface area contributed by atoms with Gasteiger partial charge in [0.15, 0.2) is 0 Å². The van der Waals surface area contributed by atoms with Crippen molar-refractivity contribution in [3.63, 3.8) is 0 Å². The number of aryl methyl sites for hydroxylation is 1. The van der Waals surface area contributed by atoms with Crippen LogP contribution in [0.25, 0.3) is 0 Å². The molecular weight excluding hydrogens is 277 g/mol. The Bertz CT molecular complexity index is 432. The summed E-state index contributed by atoms with van der Waals surface area (Å²) < 4.78 is 13.1. The van der Waals surface area contributed by atoms with Crippen molar-refractivity contribution in [1.82, 2.24) is 0 Å². The van der Waals surface area contributed by atoms with Crippen molar-refractivity contribution < 1.29 is 9.18 Å². The van der Waals surface area contributed by atoms with E-state index in [1.165, 1.54) is 6.07 Å². The zero-order chi connectivity index (χ0) is 17.1. The molecule has 0 aliphatic rings. The third kappa shape index (κ3) is 8.81.